The molecule has 0 amide bonds. The Morgan fingerprint density at radius 2 is 1.74 bits per heavy atom. The van der Waals surface area contributed by atoms with Gasteiger partial charge in [0, 0.05) is 0 Å². The molecule has 166 valence electrons. The molecule has 0 saturated carbocycles. The minimum Gasteiger partial charge on any atom is -0.394 e. The fraction of sp³-hybridized carbons (Fsp3) is 0.500. The minimum atomic E-state index is -2.92. The fourth-order valence-electron chi connectivity index (χ4n) is 4.71. The van der Waals surface area contributed by atoms with E-state index in [4.69, 9.17) is 10.5 Å². The van der Waals surface area contributed by atoms with Crippen molar-refractivity contribution in [3.8, 4) is 0 Å². The average molecular weight is 435 g/mol. The summed E-state index contributed by atoms with van der Waals surface area (Å²) in [4.78, 5) is 74.2. The second kappa shape index (κ2) is 6.87. The summed E-state index contributed by atoms with van der Waals surface area (Å²) in [5.74, 6) is -4.61. The normalized spacial score (nSPS) is 27.4. The van der Waals surface area contributed by atoms with Gasteiger partial charge < -0.3 is 20.7 Å². The number of nitrogen functional groups attached to an aromatic ring is 1. The van der Waals surface area contributed by atoms with Crippen molar-refractivity contribution in [1.29, 1.82) is 0 Å². The second-order valence-corrected chi connectivity index (χ2v) is 7.41. The van der Waals surface area contributed by atoms with E-state index in [1.54, 1.807) is 0 Å². The SMILES string of the molecule is CC(=O)C1(C(C)=O)[C@@](O)(C(C)=O)[C@@H](CO)O[C@@]1(C(C)=O)n1cnc2c(=O)[nH]c(N)nc21. The molecule has 2 aromatic rings. The van der Waals surface area contributed by atoms with Gasteiger partial charge in [-0.3, -0.25) is 33.5 Å². The van der Waals surface area contributed by atoms with E-state index in [9.17, 15) is 34.2 Å². The van der Waals surface area contributed by atoms with Crippen LogP contribution in [0.2, 0.25) is 0 Å². The number of ketones is 4. The summed E-state index contributed by atoms with van der Waals surface area (Å²) in [5.41, 5.74) is -4.29. The van der Waals surface area contributed by atoms with E-state index in [1.165, 1.54) is 0 Å². The molecule has 0 unspecified atom stereocenters. The van der Waals surface area contributed by atoms with Gasteiger partial charge in [0.1, 0.15) is 12.4 Å². The van der Waals surface area contributed by atoms with Gasteiger partial charge in [-0.25, -0.2) is 4.98 Å². The Morgan fingerprint density at radius 1 is 1.16 bits per heavy atom. The number of nitrogens with zero attached hydrogens (tertiary/aromatic N) is 3. The van der Waals surface area contributed by atoms with Gasteiger partial charge in [-0.05, 0) is 27.7 Å². The number of carbonyl (C=O) groups excluding carboxylic acids is 4. The molecule has 1 saturated heterocycles. The van der Waals surface area contributed by atoms with Crippen molar-refractivity contribution < 1.29 is 34.1 Å². The van der Waals surface area contributed by atoms with Gasteiger partial charge in [-0.15, -0.1) is 0 Å². The first-order valence-corrected chi connectivity index (χ1v) is 9.12. The number of H-pyrrole nitrogens is 1. The largest absolute Gasteiger partial charge is 0.394 e. The van der Waals surface area contributed by atoms with E-state index < -0.39 is 58.1 Å². The van der Waals surface area contributed by atoms with Gasteiger partial charge in [-0.2, -0.15) is 4.98 Å². The Hall–Kier alpha value is -3.29. The van der Waals surface area contributed by atoms with E-state index in [1.807, 2.05) is 0 Å². The Kier molecular flexibility index (Phi) is 4.96. The van der Waals surface area contributed by atoms with Crippen LogP contribution in [0.1, 0.15) is 27.7 Å². The van der Waals surface area contributed by atoms with Crippen molar-refractivity contribution in [2.24, 2.45) is 5.41 Å². The van der Waals surface area contributed by atoms with Crippen LogP contribution in [-0.2, 0) is 29.6 Å². The van der Waals surface area contributed by atoms with Gasteiger partial charge in [0.25, 0.3) is 5.56 Å². The quantitative estimate of drug-likeness (QED) is 0.358. The molecule has 0 spiro atoms. The number of aromatic amines is 1. The lowest BCUT2D eigenvalue weighted by Gasteiger charge is -2.44. The third-order valence-corrected chi connectivity index (χ3v) is 5.86. The number of aliphatic hydroxyl groups is 2. The van der Waals surface area contributed by atoms with E-state index in [0.717, 1.165) is 38.6 Å². The molecule has 0 bridgehead atoms. The number of nitrogens with one attached hydrogen (secondary N) is 1. The Labute approximate surface area is 174 Å². The monoisotopic (exact) mass is 435 g/mol. The summed E-state index contributed by atoms with van der Waals surface area (Å²) in [6.45, 7) is 2.66. The maximum Gasteiger partial charge on any atom is 0.280 e. The van der Waals surface area contributed by atoms with Gasteiger partial charge in [-0.1, -0.05) is 0 Å². The van der Waals surface area contributed by atoms with Crippen molar-refractivity contribution in [1.82, 2.24) is 19.5 Å². The highest BCUT2D eigenvalue weighted by molar-refractivity contribution is 6.17. The smallest absolute Gasteiger partial charge is 0.280 e. The number of carbonyl (C=O) groups is 4. The first-order chi connectivity index (χ1) is 14.3. The van der Waals surface area contributed by atoms with Crippen molar-refractivity contribution in [3.63, 3.8) is 0 Å². The number of hydrogen-bond acceptors (Lipinski definition) is 11. The molecule has 0 aromatic carbocycles. The zero-order valence-corrected chi connectivity index (χ0v) is 17.1. The van der Waals surface area contributed by atoms with Crippen molar-refractivity contribution in [3.05, 3.63) is 16.7 Å². The van der Waals surface area contributed by atoms with Crippen molar-refractivity contribution in [2.45, 2.75) is 45.1 Å². The number of rotatable bonds is 6. The summed E-state index contributed by atoms with van der Waals surface area (Å²) < 4.78 is 6.55. The third-order valence-electron chi connectivity index (χ3n) is 5.86. The molecular formula is C18H21N5O8. The molecule has 1 aliphatic heterocycles. The third kappa shape index (κ3) is 2.38. The van der Waals surface area contributed by atoms with Crippen LogP contribution in [0.25, 0.3) is 11.2 Å². The lowest BCUT2D eigenvalue weighted by atomic mass is 9.58. The van der Waals surface area contributed by atoms with Crippen LogP contribution in [0.5, 0.6) is 0 Å². The Balaban J connectivity index is 2.62. The molecule has 1 aliphatic rings. The van der Waals surface area contributed by atoms with Gasteiger partial charge in [0.15, 0.2) is 45.3 Å². The van der Waals surface area contributed by atoms with Crippen LogP contribution < -0.4 is 11.3 Å². The van der Waals surface area contributed by atoms with E-state index in [2.05, 4.69) is 15.0 Å². The molecule has 3 heterocycles. The van der Waals surface area contributed by atoms with Crippen LogP contribution in [0, 0.1) is 5.41 Å². The van der Waals surface area contributed by atoms with Gasteiger partial charge in [0.2, 0.25) is 11.7 Å². The number of fused-ring (bicyclic) bond motifs is 1. The van der Waals surface area contributed by atoms with Crippen LogP contribution >= 0.6 is 0 Å². The van der Waals surface area contributed by atoms with Gasteiger partial charge >= 0.3 is 0 Å². The molecule has 0 aliphatic carbocycles. The molecule has 0 radical (unpaired) electrons. The molecule has 31 heavy (non-hydrogen) atoms. The fourth-order valence-corrected chi connectivity index (χ4v) is 4.71. The number of hydrogen-bond donors (Lipinski definition) is 4. The average Bonchev–Trinajstić information content (AvgIpc) is 3.17. The van der Waals surface area contributed by atoms with Crippen LogP contribution in [0.15, 0.2) is 11.1 Å². The molecule has 3 rings (SSSR count). The van der Waals surface area contributed by atoms with E-state index >= 15 is 0 Å². The maximum atomic E-state index is 13.1. The summed E-state index contributed by atoms with van der Waals surface area (Å²) in [6.07, 6.45) is -0.937. The number of Topliss-reactive ketones (excluding diaryl/α,β-unsaturated/α-hetero) is 4. The topological polar surface area (TPSA) is 208 Å². The molecule has 2 aromatic heterocycles. The Morgan fingerprint density at radius 3 is 2.19 bits per heavy atom. The number of ether oxygens (including phenoxy) is 1. The zero-order valence-electron chi connectivity index (χ0n) is 17.1. The first kappa shape index (κ1) is 22.4. The summed E-state index contributed by atoms with van der Waals surface area (Å²) >= 11 is 0. The number of imidazole rings is 1. The van der Waals surface area contributed by atoms with Crippen molar-refractivity contribution >= 4 is 40.2 Å². The lowest BCUT2D eigenvalue weighted by molar-refractivity contribution is -0.187. The summed E-state index contributed by atoms with van der Waals surface area (Å²) in [5, 5.41) is 21.3. The zero-order chi connectivity index (χ0) is 23.5. The maximum absolute atomic E-state index is 13.1. The van der Waals surface area contributed by atoms with Crippen LogP contribution in [0.3, 0.4) is 0 Å². The highest BCUT2D eigenvalue weighted by atomic mass is 16.6. The van der Waals surface area contributed by atoms with E-state index in [0.29, 0.717) is 0 Å². The number of aliphatic hydroxyl groups excluding tert-OH is 1. The molecule has 13 nitrogen and oxygen atoms in total. The minimum absolute atomic E-state index is 0.307. The second-order valence-electron chi connectivity index (χ2n) is 7.41. The molecular weight excluding hydrogens is 414 g/mol. The molecule has 13 heteroatoms. The first-order valence-electron chi connectivity index (χ1n) is 9.12. The van der Waals surface area contributed by atoms with Crippen molar-refractivity contribution in [2.75, 3.05) is 12.3 Å². The number of aromatic nitrogens is 4. The summed E-state index contributed by atoms with van der Waals surface area (Å²) in [6, 6.07) is 0. The standard InChI is InChI=1S/C18H21N5O8/c1-7(25)16(8(2)26)17(30,9(3)27)11(5-24)31-18(16,10(4)28)23-6-20-12-13(23)21-15(19)22-14(12)29/h6,11,24,30H,5H2,1-4H3,(H3,19,21,22,29)/t11-,17-,18-/m1/s1. The highest BCUT2D eigenvalue weighted by Gasteiger charge is 2.82. The summed E-state index contributed by atoms with van der Waals surface area (Å²) in [7, 11) is 0. The van der Waals surface area contributed by atoms with Gasteiger partial charge in [0.05, 0.1) is 6.61 Å². The molecule has 3 atom stereocenters. The Bertz CT molecular complexity index is 1190. The number of nitrogens with two attached hydrogens (primary N) is 1. The predicted molar refractivity (Wildman–Crippen MR) is 103 cm³/mol. The molecule has 1 fully saturated rings. The molecule has 5 N–H and O–H groups in total. The van der Waals surface area contributed by atoms with Crippen LogP contribution in [-0.4, -0.2) is 71.2 Å². The lowest BCUT2D eigenvalue weighted by Crippen LogP contribution is -2.70. The van der Waals surface area contributed by atoms with Crippen LogP contribution in [0.4, 0.5) is 5.95 Å². The highest BCUT2D eigenvalue weighted by Crippen LogP contribution is 2.58. The predicted octanol–water partition coefficient (Wildman–Crippen LogP) is -2.18. The van der Waals surface area contributed by atoms with E-state index in [-0.39, 0.29) is 17.1 Å². The number of anilines is 1.